The molecule has 2 N–H and O–H groups in total. The van der Waals surface area contributed by atoms with Gasteiger partial charge in [-0.1, -0.05) is 12.1 Å². The molecule has 2 nitrogen and oxygen atoms in total. The molecule has 0 saturated heterocycles. The van der Waals surface area contributed by atoms with Gasteiger partial charge in [-0.05, 0) is 12.1 Å². The maximum absolute atomic E-state index is 5.58. The summed E-state index contributed by atoms with van der Waals surface area (Å²) in [5.41, 5.74) is 7.57. The lowest BCUT2D eigenvalue weighted by Gasteiger charge is -1.99. The van der Waals surface area contributed by atoms with Gasteiger partial charge in [0.15, 0.2) is 0 Å². The Morgan fingerprint density at radius 1 is 1.25 bits per heavy atom. The Morgan fingerprint density at radius 3 is 2.58 bits per heavy atom. The molecule has 1 aliphatic heterocycles. The van der Waals surface area contributed by atoms with Crippen LogP contribution in [0.15, 0.2) is 29.3 Å². The smallest absolute Gasteiger partial charge is 0.0977 e. The molecule has 0 spiro atoms. The minimum absolute atomic E-state index is 0.808. The second kappa shape index (κ2) is 3.19. The molecule has 2 rings (SSSR count). The van der Waals surface area contributed by atoms with E-state index in [-0.39, 0.29) is 0 Å². The molecule has 0 fully saturated rings. The number of thioether (sulfide) groups is 1. The van der Waals surface area contributed by atoms with Gasteiger partial charge in [-0.25, -0.2) is 0 Å². The van der Waals surface area contributed by atoms with E-state index in [4.69, 9.17) is 5.73 Å². The van der Waals surface area contributed by atoms with Gasteiger partial charge in [-0.3, -0.25) is 4.99 Å². The van der Waals surface area contributed by atoms with Crippen LogP contribution in [-0.2, 0) is 0 Å². The van der Waals surface area contributed by atoms with Crippen molar-refractivity contribution in [2.75, 3.05) is 18.0 Å². The Labute approximate surface area is 75.9 Å². The second-order valence-corrected chi connectivity index (χ2v) is 3.74. The molecule has 1 aromatic rings. The van der Waals surface area contributed by atoms with Crippen molar-refractivity contribution in [3.8, 4) is 0 Å². The van der Waals surface area contributed by atoms with Crippen molar-refractivity contribution in [2.45, 2.75) is 0 Å². The first-order valence-electron chi connectivity index (χ1n) is 3.89. The molecule has 0 bridgehead atoms. The summed E-state index contributed by atoms with van der Waals surface area (Å²) in [5.74, 6) is 1.11. The molecule has 0 saturated carbocycles. The van der Waals surface area contributed by atoms with Gasteiger partial charge in [-0.2, -0.15) is 0 Å². The van der Waals surface area contributed by atoms with Gasteiger partial charge in [0.1, 0.15) is 0 Å². The summed E-state index contributed by atoms with van der Waals surface area (Å²) in [6.07, 6.45) is 0. The lowest BCUT2D eigenvalue weighted by Crippen LogP contribution is -1.92. The number of hydrogen-bond donors (Lipinski definition) is 1. The number of benzene rings is 1. The largest absolute Gasteiger partial charge is 0.399 e. The number of nitrogen functional groups attached to an aromatic ring is 1. The summed E-state index contributed by atoms with van der Waals surface area (Å²) < 4.78 is 0. The van der Waals surface area contributed by atoms with E-state index in [0.717, 1.165) is 23.0 Å². The zero-order chi connectivity index (χ0) is 8.39. The molecule has 62 valence electrons. The fourth-order valence-corrected chi connectivity index (χ4v) is 2.00. The molecule has 1 heterocycles. The van der Waals surface area contributed by atoms with Crippen LogP contribution in [0.1, 0.15) is 5.56 Å². The van der Waals surface area contributed by atoms with Crippen molar-refractivity contribution in [2.24, 2.45) is 4.99 Å². The summed E-state index contributed by atoms with van der Waals surface area (Å²) in [7, 11) is 0. The fraction of sp³-hybridized carbons (Fsp3) is 0.222. The van der Waals surface area contributed by atoms with Gasteiger partial charge < -0.3 is 5.73 Å². The molecule has 1 aromatic carbocycles. The van der Waals surface area contributed by atoms with Crippen LogP contribution in [0, 0.1) is 0 Å². The average Bonchev–Trinajstić information content (AvgIpc) is 2.58. The van der Waals surface area contributed by atoms with Crippen molar-refractivity contribution in [1.82, 2.24) is 0 Å². The van der Waals surface area contributed by atoms with Crippen molar-refractivity contribution in [1.29, 1.82) is 0 Å². The van der Waals surface area contributed by atoms with Crippen LogP contribution in [0.2, 0.25) is 0 Å². The van der Waals surface area contributed by atoms with E-state index < -0.39 is 0 Å². The summed E-state index contributed by atoms with van der Waals surface area (Å²) in [6, 6.07) is 7.87. The first-order chi connectivity index (χ1) is 5.86. The quantitative estimate of drug-likeness (QED) is 0.665. The third-order valence-corrected chi connectivity index (χ3v) is 2.77. The van der Waals surface area contributed by atoms with Crippen LogP contribution in [-0.4, -0.2) is 17.3 Å². The number of rotatable bonds is 1. The Morgan fingerprint density at radius 2 is 2.00 bits per heavy atom. The van der Waals surface area contributed by atoms with Crippen LogP contribution in [0.4, 0.5) is 5.69 Å². The van der Waals surface area contributed by atoms with Crippen LogP contribution >= 0.6 is 11.8 Å². The molecule has 0 aliphatic carbocycles. The molecule has 0 radical (unpaired) electrons. The molecular formula is C9H10N2S. The van der Waals surface area contributed by atoms with Gasteiger partial charge in [0.25, 0.3) is 0 Å². The second-order valence-electron chi connectivity index (χ2n) is 2.66. The minimum atomic E-state index is 0.808. The Bertz CT molecular complexity index is 303. The first kappa shape index (κ1) is 7.68. The summed E-state index contributed by atoms with van der Waals surface area (Å²) in [6.45, 7) is 0.949. The van der Waals surface area contributed by atoms with Crippen molar-refractivity contribution in [3.63, 3.8) is 0 Å². The van der Waals surface area contributed by atoms with Gasteiger partial charge >= 0.3 is 0 Å². The van der Waals surface area contributed by atoms with Gasteiger partial charge in [0.2, 0.25) is 0 Å². The molecule has 12 heavy (non-hydrogen) atoms. The van der Waals surface area contributed by atoms with Crippen LogP contribution in [0.5, 0.6) is 0 Å². The minimum Gasteiger partial charge on any atom is -0.399 e. The summed E-state index contributed by atoms with van der Waals surface area (Å²) >= 11 is 1.81. The number of aliphatic imine (C=N–C) groups is 1. The van der Waals surface area contributed by atoms with E-state index in [0.29, 0.717) is 0 Å². The molecule has 0 amide bonds. The number of nitrogens with two attached hydrogens (primary N) is 1. The Hall–Kier alpha value is -0.960. The standard InChI is InChI=1S/C9H10N2S/c10-8-3-1-7(2-4-8)9-11-5-6-12-9/h1-4H,5-6,10H2. The van der Waals surface area contributed by atoms with Crippen molar-refractivity contribution < 1.29 is 0 Å². The SMILES string of the molecule is Nc1ccc(C2=NCCS2)cc1. The van der Waals surface area contributed by atoms with E-state index in [2.05, 4.69) is 4.99 Å². The maximum Gasteiger partial charge on any atom is 0.0977 e. The highest BCUT2D eigenvalue weighted by atomic mass is 32.2. The van der Waals surface area contributed by atoms with Gasteiger partial charge in [0, 0.05) is 23.5 Å². The van der Waals surface area contributed by atoms with Crippen LogP contribution in [0.25, 0.3) is 0 Å². The first-order valence-corrected chi connectivity index (χ1v) is 4.88. The lowest BCUT2D eigenvalue weighted by atomic mass is 10.2. The van der Waals surface area contributed by atoms with Crippen LogP contribution in [0.3, 0.4) is 0 Å². The zero-order valence-corrected chi connectivity index (χ0v) is 7.47. The zero-order valence-electron chi connectivity index (χ0n) is 6.66. The maximum atomic E-state index is 5.58. The van der Waals surface area contributed by atoms with E-state index in [9.17, 15) is 0 Å². The predicted molar refractivity (Wildman–Crippen MR) is 54.7 cm³/mol. The van der Waals surface area contributed by atoms with E-state index in [1.54, 1.807) is 0 Å². The van der Waals surface area contributed by atoms with E-state index >= 15 is 0 Å². The fourth-order valence-electron chi connectivity index (χ4n) is 1.14. The third kappa shape index (κ3) is 1.46. The molecule has 0 atom stereocenters. The Kier molecular flexibility index (Phi) is 2.04. The van der Waals surface area contributed by atoms with E-state index in [1.165, 1.54) is 5.56 Å². The molecule has 0 unspecified atom stereocenters. The number of anilines is 1. The third-order valence-electron chi connectivity index (χ3n) is 1.74. The highest BCUT2D eigenvalue weighted by molar-refractivity contribution is 8.14. The highest BCUT2D eigenvalue weighted by Gasteiger charge is 2.08. The summed E-state index contributed by atoms with van der Waals surface area (Å²) in [5, 5.41) is 1.15. The lowest BCUT2D eigenvalue weighted by molar-refractivity contribution is 1.17. The molecule has 0 aromatic heterocycles. The molecule has 1 aliphatic rings. The molecule has 3 heteroatoms. The van der Waals surface area contributed by atoms with Crippen molar-refractivity contribution in [3.05, 3.63) is 29.8 Å². The average molecular weight is 178 g/mol. The number of hydrogen-bond acceptors (Lipinski definition) is 3. The Balaban J connectivity index is 2.28. The molecular weight excluding hydrogens is 168 g/mol. The van der Waals surface area contributed by atoms with Crippen LogP contribution < -0.4 is 5.73 Å². The van der Waals surface area contributed by atoms with Gasteiger partial charge in [0.05, 0.1) is 5.04 Å². The van der Waals surface area contributed by atoms with Crippen molar-refractivity contribution >= 4 is 22.5 Å². The van der Waals surface area contributed by atoms with E-state index in [1.807, 2.05) is 36.0 Å². The highest BCUT2D eigenvalue weighted by Crippen LogP contribution is 2.19. The summed E-state index contributed by atoms with van der Waals surface area (Å²) in [4.78, 5) is 4.37. The van der Waals surface area contributed by atoms with Gasteiger partial charge in [-0.15, -0.1) is 11.8 Å². The monoisotopic (exact) mass is 178 g/mol. The topological polar surface area (TPSA) is 38.4 Å². The number of nitrogens with zero attached hydrogens (tertiary/aromatic N) is 1. The predicted octanol–water partition coefficient (Wildman–Crippen LogP) is 1.76. The normalized spacial score (nSPS) is 16.2.